The number of carbonyl (C=O) groups is 1. The van der Waals surface area contributed by atoms with Gasteiger partial charge < -0.3 is 10.2 Å². The van der Waals surface area contributed by atoms with Crippen molar-refractivity contribution in [3.63, 3.8) is 0 Å². The first-order chi connectivity index (χ1) is 12.0. The van der Waals surface area contributed by atoms with Crippen molar-refractivity contribution in [3.05, 3.63) is 65.5 Å². The van der Waals surface area contributed by atoms with Gasteiger partial charge in [-0.25, -0.2) is 9.18 Å². The van der Waals surface area contributed by atoms with E-state index in [-0.39, 0.29) is 11.7 Å². The molecule has 132 valence electrons. The van der Waals surface area contributed by atoms with Crippen LogP contribution in [0, 0.1) is 12.7 Å². The van der Waals surface area contributed by atoms with Gasteiger partial charge in [0.05, 0.1) is 5.69 Å². The molecule has 1 N–H and O–H groups in total. The molecule has 2 aromatic carbocycles. The Labute approximate surface area is 148 Å². The van der Waals surface area contributed by atoms with Crippen LogP contribution >= 0.6 is 0 Å². The van der Waals surface area contributed by atoms with Crippen LogP contribution in [-0.2, 0) is 0 Å². The molecular formula is C20H24FN3O. The second-order valence-electron chi connectivity index (χ2n) is 6.52. The Hall–Kier alpha value is -2.40. The monoisotopic (exact) mass is 341 g/mol. The summed E-state index contributed by atoms with van der Waals surface area (Å²) in [7, 11) is 0. The number of urea groups is 1. The molecule has 0 unspecified atom stereocenters. The van der Waals surface area contributed by atoms with E-state index in [0.717, 1.165) is 18.7 Å². The predicted octanol–water partition coefficient (Wildman–Crippen LogP) is 4.04. The quantitative estimate of drug-likeness (QED) is 0.914. The summed E-state index contributed by atoms with van der Waals surface area (Å²) >= 11 is 0. The topological polar surface area (TPSA) is 35.6 Å². The molecule has 4 nitrogen and oxygen atoms in total. The maximum Gasteiger partial charge on any atom is 0.322 e. The van der Waals surface area contributed by atoms with E-state index in [0.29, 0.717) is 19.1 Å². The Balaban J connectivity index is 1.56. The first-order valence-electron chi connectivity index (χ1n) is 8.65. The van der Waals surface area contributed by atoms with E-state index in [2.05, 4.69) is 29.3 Å². The first kappa shape index (κ1) is 17.4. The molecule has 1 aliphatic heterocycles. The number of rotatable bonds is 3. The van der Waals surface area contributed by atoms with Crippen LogP contribution in [0.15, 0.2) is 48.5 Å². The standard InChI is InChI=1S/C20H24FN3O/c1-15-8-9-18(21)19(14-15)22-20(25)24-12-10-23(11-13-24)16(2)17-6-4-3-5-7-17/h3-9,14,16H,10-13H2,1-2H3,(H,22,25)/t16-/m0/s1. The number of hydrogen-bond acceptors (Lipinski definition) is 2. The van der Waals surface area contributed by atoms with Gasteiger partial charge in [-0.05, 0) is 37.1 Å². The Morgan fingerprint density at radius 1 is 1.08 bits per heavy atom. The maximum atomic E-state index is 13.8. The molecule has 0 radical (unpaired) electrons. The molecule has 0 saturated carbocycles. The number of hydrogen-bond donors (Lipinski definition) is 1. The minimum Gasteiger partial charge on any atom is -0.322 e. The maximum absolute atomic E-state index is 13.8. The van der Waals surface area contributed by atoms with E-state index in [9.17, 15) is 9.18 Å². The highest BCUT2D eigenvalue weighted by Crippen LogP contribution is 2.22. The minimum atomic E-state index is -0.407. The molecular weight excluding hydrogens is 317 g/mol. The smallest absolute Gasteiger partial charge is 0.322 e. The van der Waals surface area contributed by atoms with E-state index < -0.39 is 5.82 Å². The Kier molecular flexibility index (Phi) is 5.34. The summed E-state index contributed by atoms with van der Waals surface area (Å²) in [6, 6.07) is 15.2. The number of anilines is 1. The molecule has 3 rings (SSSR count). The number of carbonyl (C=O) groups excluding carboxylic acids is 1. The molecule has 5 heteroatoms. The molecule has 1 fully saturated rings. The van der Waals surface area contributed by atoms with Gasteiger partial charge in [0.1, 0.15) is 5.82 Å². The number of nitrogens with zero attached hydrogens (tertiary/aromatic N) is 2. The second kappa shape index (κ2) is 7.66. The average molecular weight is 341 g/mol. The lowest BCUT2D eigenvalue weighted by atomic mass is 10.1. The zero-order chi connectivity index (χ0) is 17.8. The van der Waals surface area contributed by atoms with Crippen LogP contribution < -0.4 is 5.32 Å². The summed E-state index contributed by atoms with van der Waals surface area (Å²) in [6.07, 6.45) is 0. The summed E-state index contributed by atoms with van der Waals surface area (Å²) in [5, 5.41) is 2.69. The second-order valence-corrected chi connectivity index (χ2v) is 6.52. The van der Waals surface area contributed by atoms with E-state index in [1.807, 2.05) is 25.1 Å². The van der Waals surface area contributed by atoms with E-state index >= 15 is 0 Å². The lowest BCUT2D eigenvalue weighted by molar-refractivity contribution is 0.119. The Morgan fingerprint density at radius 3 is 2.44 bits per heavy atom. The van der Waals surface area contributed by atoms with Crippen molar-refractivity contribution >= 4 is 11.7 Å². The zero-order valence-electron chi connectivity index (χ0n) is 14.7. The molecule has 1 heterocycles. The molecule has 1 saturated heterocycles. The van der Waals surface area contributed by atoms with Gasteiger partial charge in [0, 0.05) is 32.2 Å². The molecule has 0 bridgehead atoms. The third kappa shape index (κ3) is 4.17. The zero-order valence-corrected chi connectivity index (χ0v) is 14.7. The number of aryl methyl sites for hydroxylation is 1. The normalized spacial score (nSPS) is 16.5. The van der Waals surface area contributed by atoms with Crippen LogP contribution in [0.4, 0.5) is 14.9 Å². The molecule has 0 aliphatic carbocycles. The van der Waals surface area contributed by atoms with Crippen LogP contribution in [-0.4, -0.2) is 42.0 Å². The van der Waals surface area contributed by atoms with Gasteiger partial charge in [0.15, 0.2) is 0 Å². The molecule has 25 heavy (non-hydrogen) atoms. The van der Waals surface area contributed by atoms with Crippen LogP contribution in [0.1, 0.15) is 24.1 Å². The van der Waals surface area contributed by atoms with Crippen molar-refractivity contribution in [3.8, 4) is 0 Å². The van der Waals surface area contributed by atoms with Crippen molar-refractivity contribution in [2.75, 3.05) is 31.5 Å². The fourth-order valence-electron chi connectivity index (χ4n) is 3.18. The average Bonchev–Trinajstić information content (AvgIpc) is 2.65. The highest BCUT2D eigenvalue weighted by atomic mass is 19.1. The van der Waals surface area contributed by atoms with E-state index in [1.165, 1.54) is 11.6 Å². The van der Waals surface area contributed by atoms with E-state index in [4.69, 9.17) is 0 Å². The van der Waals surface area contributed by atoms with Gasteiger partial charge in [-0.15, -0.1) is 0 Å². The predicted molar refractivity (Wildman–Crippen MR) is 98.2 cm³/mol. The van der Waals surface area contributed by atoms with Crippen molar-refractivity contribution in [2.45, 2.75) is 19.9 Å². The molecule has 1 aliphatic rings. The van der Waals surface area contributed by atoms with Crippen molar-refractivity contribution < 1.29 is 9.18 Å². The fraction of sp³-hybridized carbons (Fsp3) is 0.350. The number of piperazine rings is 1. The van der Waals surface area contributed by atoms with Crippen LogP contribution in [0.25, 0.3) is 0 Å². The molecule has 0 aromatic heterocycles. The lowest BCUT2D eigenvalue weighted by Crippen LogP contribution is -2.50. The van der Waals surface area contributed by atoms with Crippen LogP contribution in [0.3, 0.4) is 0 Å². The van der Waals surface area contributed by atoms with Gasteiger partial charge >= 0.3 is 6.03 Å². The Bertz CT molecular complexity index is 727. The molecule has 2 amide bonds. The molecule has 1 atom stereocenters. The SMILES string of the molecule is Cc1ccc(F)c(NC(=O)N2CCN([C@@H](C)c3ccccc3)CC2)c1. The van der Waals surface area contributed by atoms with Gasteiger partial charge in [-0.2, -0.15) is 0 Å². The summed E-state index contributed by atoms with van der Waals surface area (Å²) in [4.78, 5) is 16.5. The fourth-order valence-corrected chi connectivity index (χ4v) is 3.18. The highest BCUT2D eigenvalue weighted by Gasteiger charge is 2.25. The number of amides is 2. The summed E-state index contributed by atoms with van der Waals surface area (Å²) < 4.78 is 13.8. The van der Waals surface area contributed by atoms with Crippen molar-refractivity contribution in [2.24, 2.45) is 0 Å². The summed E-state index contributed by atoms with van der Waals surface area (Å²) in [5.41, 5.74) is 2.44. The van der Waals surface area contributed by atoms with Crippen LogP contribution in [0.5, 0.6) is 0 Å². The van der Waals surface area contributed by atoms with Crippen molar-refractivity contribution in [1.29, 1.82) is 0 Å². The highest BCUT2D eigenvalue weighted by molar-refractivity contribution is 5.89. The first-order valence-corrected chi connectivity index (χ1v) is 8.65. The van der Waals surface area contributed by atoms with Gasteiger partial charge in [-0.1, -0.05) is 36.4 Å². The summed E-state index contributed by atoms with van der Waals surface area (Å²) in [5.74, 6) is -0.407. The minimum absolute atomic E-state index is 0.239. The Morgan fingerprint density at radius 2 is 1.76 bits per heavy atom. The van der Waals surface area contributed by atoms with E-state index in [1.54, 1.807) is 17.0 Å². The number of benzene rings is 2. The lowest BCUT2D eigenvalue weighted by Gasteiger charge is -2.38. The van der Waals surface area contributed by atoms with Gasteiger partial charge in [0.25, 0.3) is 0 Å². The van der Waals surface area contributed by atoms with Crippen LogP contribution in [0.2, 0.25) is 0 Å². The number of nitrogens with one attached hydrogen (secondary N) is 1. The van der Waals surface area contributed by atoms with Crippen molar-refractivity contribution in [1.82, 2.24) is 9.80 Å². The third-order valence-electron chi connectivity index (χ3n) is 4.79. The van der Waals surface area contributed by atoms with Gasteiger partial charge in [-0.3, -0.25) is 4.90 Å². The third-order valence-corrected chi connectivity index (χ3v) is 4.79. The van der Waals surface area contributed by atoms with Gasteiger partial charge in [0.2, 0.25) is 0 Å². The summed E-state index contributed by atoms with van der Waals surface area (Å²) in [6.45, 7) is 6.94. The molecule has 2 aromatic rings. The largest absolute Gasteiger partial charge is 0.322 e. The number of halogens is 1. The molecule has 0 spiro atoms.